The summed E-state index contributed by atoms with van der Waals surface area (Å²) >= 11 is 12.2. The predicted molar refractivity (Wildman–Crippen MR) is 124 cm³/mol. The highest BCUT2D eigenvalue weighted by Gasteiger charge is 2.30. The van der Waals surface area contributed by atoms with Gasteiger partial charge in [0.05, 0.1) is 22.2 Å². The van der Waals surface area contributed by atoms with E-state index in [4.69, 9.17) is 27.9 Å². The number of carbonyl (C=O) groups is 1. The zero-order chi connectivity index (χ0) is 23.8. The summed E-state index contributed by atoms with van der Waals surface area (Å²) in [5.74, 6) is -0.524. The number of alkyl halides is 3. The molecule has 0 saturated heterocycles. The van der Waals surface area contributed by atoms with E-state index >= 15 is 0 Å². The maximum atomic E-state index is 13.3. The Balaban J connectivity index is 1.90. The Kier molecular flexibility index (Phi) is 6.41. The smallest absolute Gasteiger partial charge is 0.416 e. The molecule has 0 unspecified atom stereocenters. The summed E-state index contributed by atoms with van der Waals surface area (Å²) in [6.45, 7) is 2.19. The van der Waals surface area contributed by atoms with Crippen molar-refractivity contribution in [3.05, 3.63) is 93.6 Å². The number of rotatable bonds is 5. The molecule has 0 fully saturated rings. The SMILES string of the molecule is CCOC(=O)c1cc2c(-c3cccc(C(F)(F)F)c3)cccc2n1Cc1ccc(Cl)c(Cl)c1. The molecule has 0 atom stereocenters. The Morgan fingerprint density at radius 2 is 1.73 bits per heavy atom. The molecular formula is C25H18Cl2F3NO2. The van der Waals surface area contributed by atoms with Crippen LogP contribution < -0.4 is 0 Å². The number of aromatic nitrogens is 1. The van der Waals surface area contributed by atoms with Gasteiger partial charge in [0.25, 0.3) is 0 Å². The van der Waals surface area contributed by atoms with Gasteiger partial charge in [-0.15, -0.1) is 0 Å². The lowest BCUT2D eigenvalue weighted by atomic mass is 9.99. The summed E-state index contributed by atoms with van der Waals surface area (Å²) < 4.78 is 46.8. The second kappa shape index (κ2) is 9.12. The van der Waals surface area contributed by atoms with Crippen LogP contribution in [0.1, 0.15) is 28.5 Å². The highest BCUT2D eigenvalue weighted by Crippen LogP contribution is 2.36. The Hall–Kier alpha value is -2.96. The van der Waals surface area contributed by atoms with Gasteiger partial charge in [0.15, 0.2) is 0 Å². The zero-order valence-corrected chi connectivity index (χ0v) is 18.9. The largest absolute Gasteiger partial charge is 0.461 e. The van der Waals surface area contributed by atoms with Crippen LogP contribution in [0.25, 0.3) is 22.0 Å². The summed E-state index contributed by atoms with van der Waals surface area (Å²) in [6, 6.07) is 17.2. The van der Waals surface area contributed by atoms with Gasteiger partial charge in [-0.2, -0.15) is 13.2 Å². The number of halogens is 5. The van der Waals surface area contributed by atoms with Gasteiger partial charge in [-0.3, -0.25) is 0 Å². The van der Waals surface area contributed by atoms with Crippen LogP contribution >= 0.6 is 23.2 Å². The summed E-state index contributed by atoms with van der Waals surface area (Å²) in [5, 5.41) is 1.43. The Morgan fingerprint density at radius 1 is 0.970 bits per heavy atom. The van der Waals surface area contributed by atoms with Gasteiger partial charge >= 0.3 is 12.1 Å². The molecule has 0 saturated carbocycles. The van der Waals surface area contributed by atoms with E-state index in [1.807, 2.05) is 6.07 Å². The third kappa shape index (κ3) is 4.72. The molecule has 170 valence electrons. The van der Waals surface area contributed by atoms with Crippen molar-refractivity contribution in [2.45, 2.75) is 19.6 Å². The van der Waals surface area contributed by atoms with Gasteiger partial charge in [0.2, 0.25) is 0 Å². The van der Waals surface area contributed by atoms with Crippen molar-refractivity contribution in [1.29, 1.82) is 0 Å². The van der Waals surface area contributed by atoms with Gasteiger partial charge < -0.3 is 9.30 Å². The van der Waals surface area contributed by atoms with E-state index in [1.54, 1.807) is 54.0 Å². The van der Waals surface area contributed by atoms with Crippen LogP contribution in [-0.4, -0.2) is 17.1 Å². The third-order valence-corrected chi connectivity index (χ3v) is 5.99. The summed E-state index contributed by atoms with van der Waals surface area (Å²) in [5.41, 5.74) is 2.01. The Bertz CT molecular complexity index is 1350. The van der Waals surface area contributed by atoms with Gasteiger partial charge in [0, 0.05) is 17.4 Å². The summed E-state index contributed by atoms with van der Waals surface area (Å²) in [6.07, 6.45) is -4.46. The zero-order valence-electron chi connectivity index (χ0n) is 17.4. The fraction of sp³-hybridized carbons (Fsp3) is 0.160. The van der Waals surface area contributed by atoms with Gasteiger partial charge in [-0.25, -0.2) is 4.79 Å². The predicted octanol–water partition coefficient (Wildman–Crippen LogP) is 7.86. The van der Waals surface area contributed by atoms with Crippen molar-refractivity contribution in [2.75, 3.05) is 6.61 Å². The van der Waals surface area contributed by atoms with E-state index in [2.05, 4.69) is 0 Å². The van der Waals surface area contributed by atoms with Crippen molar-refractivity contribution in [2.24, 2.45) is 0 Å². The lowest BCUT2D eigenvalue weighted by Crippen LogP contribution is -2.12. The molecule has 0 spiro atoms. The molecule has 8 heteroatoms. The number of fused-ring (bicyclic) bond motifs is 1. The second-order valence-corrected chi connectivity index (χ2v) is 8.22. The average Bonchev–Trinajstić information content (AvgIpc) is 3.14. The fourth-order valence-electron chi connectivity index (χ4n) is 3.76. The highest BCUT2D eigenvalue weighted by molar-refractivity contribution is 6.42. The normalized spacial score (nSPS) is 11.7. The van der Waals surface area contributed by atoms with Crippen LogP contribution in [0.2, 0.25) is 10.0 Å². The van der Waals surface area contributed by atoms with Crippen molar-refractivity contribution >= 4 is 40.1 Å². The van der Waals surface area contributed by atoms with Crippen LogP contribution in [0.15, 0.2) is 66.7 Å². The topological polar surface area (TPSA) is 31.2 Å². The van der Waals surface area contributed by atoms with Crippen molar-refractivity contribution in [1.82, 2.24) is 4.57 Å². The molecule has 3 aromatic carbocycles. The number of hydrogen-bond donors (Lipinski definition) is 0. The molecule has 33 heavy (non-hydrogen) atoms. The lowest BCUT2D eigenvalue weighted by molar-refractivity contribution is -0.137. The molecule has 0 aliphatic heterocycles. The molecule has 1 aromatic heterocycles. The van der Waals surface area contributed by atoms with Crippen LogP contribution in [-0.2, 0) is 17.5 Å². The monoisotopic (exact) mass is 491 g/mol. The number of benzene rings is 3. The number of ether oxygens (including phenoxy) is 1. The van der Waals surface area contributed by atoms with Crippen LogP contribution in [0, 0.1) is 0 Å². The molecule has 0 aliphatic carbocycles. The van der Waals surface area contributed by atoms with E-state index in [0.717, 1.165) is 17.7 Å². The second-order valence-electron chi connectivity index (χ2n) is 7.40. The number of hydrogen-bond acceptors (Lipinski definition) is 2. The Morgan fingerprint density at radius 3 is 2.42 bits per heavy atom. The quantitative estimate of drug-likeness (QED) is 0.266. The van der Waals surface area contributed by atoms with Gasteiger partial charge in [0.1, 0.15) is 5.69 Å². The standard InChI is InChI=1S/C25H18Cl2F3NO2/c1-2-33-24(32)23-13-19-18(16-5-3-6-17(12-16)25(28,29)30)7-4-8-22(19)31(23)14-15-9-10-20(26)21(27)11-15/h3-13H,2,14H2,1H3. The molecule has 4 rings (SSSR count). The third-order valence-electron chi connectivity index (χ3n) is 5.26. The first-order valence-electron chi connectivity index (χ1n) is 10.1. The van der Waals surface area contributed by atoms with E-state index in [9.17, 15) is 18.0 Å². The molecular weight excluding hydrogens is 474 g/mol. The minimum absolute atomic E-state index is 0.188. The van der Waals surface area contributed by atoms with Crippen molar-refractivity contribution < 1.29 is 22.7 Å². The molecule has 0 radical (unpaired) electrons. The van der Waals surface area contributed by atoms with Crippen LogP contribution in [0.5, 0.6) is 0 Å². The first-order valence-corrected chi connectivity index (χ1v) is 10.9. The molecule has 3 nitrogen and oxygen atoms in total. The van der Waals surface area contributed by atoms with Crippen LogP contribution in [0.3, 0.4) is 0 Å². The minimum atomic E-state index is -4.46. The van der Waals surface area contributed by atoms with Crippen LogP contribution in [0.4, 0.5) is 13.2 Å². The molecule has 0 amide bonds. The maximum Gasteiger partial charge on any atom is 0.416 e. The number of nitrogens with zero attached hydrogens (tertiary/aromatic N) is 1. The van der Waals surface area contributed by atoms with Gasteiger partial charge in [-0.1, -0.05) is 53.5 Å². The number of esters is 1. The maximum absolute atomic E-state index is 13.3. The fourth-order valence-corrected chi connectivity index (χ4v) is 4.09. The molecule has 1 heterocycles. The van der Waals surface area contributed by atoms with Crippen molar-refractivity contribution in [3.63, 3.8) is 0 Å². The molecule has 0 aliphatic rings. The first-order chi connectivity index (χ1) is 15.7. The average molecular weight is 492 g/mol. The van der Waals surface area contributed by atoms with E-state index in [-0.39, 0.29) is 12.3 Å². The minimum Gasteiger partial charge on any atom is -0.461 e. The number of carbonyl (C=O) groups excluding carboxylic acids is 1. The van der Waals surface area contributed by atoms with E-state index in [0.29, 0.717) is 38.6 Å². The molecule has 4 aromatic rings. The highest BCUT2D eigenvalue weighted by atomic mass is 35.5. The first kappa shape index (κ1) is 23.2. The van der Waals surface area contributed by atoms with E-state index < -0.39 is 17.7 Å². The molecule has 0 N–H and O–H groups in total. The summed E-state index contributed by atoms with van der Waals surface area (Å²) in [4.78, 5) is 12.7. The lowest BCUT2D eigenvalue weighted by Gasteiger charge is -2.12. The van der Waals surface area contributed by atoms with Crippen molar-refractivity contribution in [3.8, 4) is 11.1 Å². The molecule has 0 bridgehead atoms. The summed E-state index contributed by atoms with van der Waals surface area (Å²) in [7, 11) is 0. The van der Waals surface area contributed by atoms with Gasteiger partial charge in [-0.05, 0) is 60.0 Å². The Labute approximate surface area is 198 Å². The van der Waals surface area contributed by atoms with E-state index in [1.165, 1.54) is 6.07 Å².